The van der Waals surface area contributed by atoms with Crippen molar-refractivity contribution < 1.29 is 0 Å². The van der Waals surface area contributed by atoms with Crippen molar-refractivity contribution >= 4 is 40.1 Å². The summed E-state index contributed by atoms with van der Waals surface area (Å²) in [6.45, 7) is 0. The Labute approximate surface area is 207 Å². The topological polar surface area (TPSA) is 12.9 Å². The Morgan fingerprint density at radius 3 is 1.83 bits per heavy atom. The molecule has 5 aromatic carbocycles. The second kappa shape index (κ2) is 9.82. The van der Waals surface area contributed by atoms with Gasteiger partial charge < -0.3 is 0 Å². The van der Waals surface area contributed by atoms with E-state index in [1.54, 1.807) is 0 Å². The van der Waals surface area contributed by atoms with E-state index < -0.39 is 7.92 Å². The van der Waals surface area contributed by atoms with E-state index in [1.165, 1.54) is 37.7 Å². The first-order valence-corrected chi connectivity index (χ1v) is 13.6. The van der Waals surface area contributed by atoms with Crippen molar-refractivity contribution in [3.05, 3.63) is 139 Å². The molecule has 0 fully saturated rings. The van der Waals surface area contributed by atoms with Gasteiger partial charge in [0.15, 0.2) is 0 Å². The largest absolute Gasteiger partial charge is 0.253 e. The van der Waals surface area contributed by atoms with Gasteiger partial charge in [0.25, 0.3) is 0 Å². The Morgan fingerprint density at radius 1 is 0.514 bits per heavy atom. The Morgan fingerprint density at radius 2 is 1.11 bits per heavy atom. The minimum atomic E-state index is -0.430. The normalized spacial score (nSPS) is 11.3. The van der Waals surface area contributed by atoms with Gasteiger partial charge >= 0.3 is 0 Å². The minimum absolute atomic E-state index is 0.430. The quantitative estimate of drug-likeness (QED) is 0.180. The van der Waals surface area contributed by atoms with Crippen molar-refractivity contribution in [3.8, 4) is 11.3 Å². The SMILES string of the molecule is c1ccc(P(CCc2cccc(-c3cc4ccccc4c4ccccc34)n2)c2ccccc2)cc1. The zero-order valence-corrected chi connectivity index (χ0v) is 20.4. The average molecular weight is 468 g/mol. The summed E-state index contributed by atoms with van der Waals surface area (Å²) in [5, 5.41) is 7.93. The van der Waals surface area contributed by atoms with Crippen LogP contribution in [0.1, 0.15) is 5.69 Å². The second-order valence-corrected chi connectivity index (χ2v) is 11.1. The molecule has 0 unspecified atom stereocenters. The maximum atomic E-state index is 5.17. The molecule has 0 aliphatic heterocycles. The molecular formula is C33H26NP. The lowest BCUT2D eigenvalue weighted by Gasteiger charge is -2.19. The summed E-state index contributed by atoms with van der Waals surface area (Å²) in [5.74, 6) is 0. The van der Waals surface area contributed by atoms with Gasteiger partial charge in [-0.3, -0.25) is 4.98 Å². The summed E-state index contributed by atoms with van der Waals surface area (Å²) in [6, 6.07) is 48.0. The number of rotatable bonds is 6. The van der Waals surface area contributed by atoms with Crippen LogP contribution in [0.25, 0.3) is 32.8 Å². The van der Waals surface area contributed by atoms with E-state index in [2.05, 4.69) is 133 Å². The van der Waals surface area contributed by atoms with E-state index in [1.807, 2.05) is 0 Å². The highest BCUT2D eigenvalue weighted by atomic mass is 31.1. The minimum Gasteiger partial charge on any atom is -0.253 e. The van der Waals surface area contributed by atoms with Crippen LogP contribution in [-0.2, 0) is 6.42 Å². The molecule has 0 saturated heterocycles. The third-order valence-electron chi connectivity index (χ3n) is 6.58. The summed E-state index contributed by atoms with van der Waals surface area (Å²) in [5.41, 5.74) is 3.40. The van der Waals surface area contributed by atoms with Gasteiger partial charge in [0, 0.05) is 11.3 Å². The molecule has 0 spiro atoms. The highest BCUT2D eigenvalue weighted by molar-refractivity contribution is 7.73. The molecule has 2 heteroatoms. The molecule has 6 aromatic rings. The molecule has 0 amide bonds. The zero-order chi connectivity index (χ0) is 23.5. The first-order chi connectivity index (χ1) is 17.4. The average Bonchev–Trinajstić information content (AvgIpc) is 2.94. The molecule has 168 valence electrons. The molecule has 0 aliphatic rings. The third kappa shape index (κ3) is 4.48. The van der Waals surface area contributed by atoms with Gasteiger partial charge in [-0.2, -0.15) is 0 Å². The van der Waals surface area contributed by atoms with Crippen molar-refractivity contribution in [2.75, 3.05) is 6.16 Å². The molecule has 0 bridgehead atoms. The fourth-order valence-electron chi connectivity index (χ4n) is 4.88. The van der Waals surface area contributed by atoms with Crippen molar-refractivity contribution in [1.82, 2.24) is 4.98 Å². The van der Waals surface area contributed by atoms with Crippen LogP contribution in [0.5, 0.6) is 0 Å². The van der Waals surface area contributed by atoms with Crippen LogP contribution in [0.2, 0.25) is 0 Å². The summed E-state index contributed by atoms with van der Waals surface area (Å²) < 4.78 is 0. The predicted molar refractivity (Wildman–Crippen MR) is 152 cm³/mol. The van der Waals surface area contributed by atoms with Crippen molar-refractivity contribution in [2.45, 2.75) is 6.42 Å². The van der Waals surface area contributed by atoms with E-state index in [9.17, 15) is 0 Å². The molecule has 0 saturated carbocycles. The lowest BCUT2D eigenvalue weighted by molar-refractivity contribution is 1.05. The summed E-state index contributed by atoms with van der Waals surface area (Å²) in [4.78, 5) is 5.17. The summed E-state index contributed by atoms with van der Waals surface area (Å²) >= 11 is 0. The van der Waals surface area contributed by atoms with Gasteiger partial charge in [-0.05, 0) is 70.9 Å². The Balaban J connectivity index is 1.36. The highest BCUT2D eigenvalue weighted by Crippen LogP contribution is 2.36. The number of fused-ring (bicyclic) bond motifs is 3. The lowest BCUT2D eigenvalue weighted by atomic mass is 9.95. The van der Waals surface area contributed by atoms with Crippen LogP contribution in [-0.4, -0.2) is 11.1 Å². The van der Waals surface area contributed by atoms with E-state index in [0.29, 0.717) is 0 Å². The van der Waals surface area contributed by atoms with Gasteiger partial charge in [-0.15, -0.1) is 0 Å². The van der Waals surface area contributed by atoms with E-state index in [-0.39, 0.29) is 0 Å². The molecule has 0 aliphatic carbocycles. The van der Waals surface area contributed by atoms with E-state index in [0.717, 1.165) is 24.0 Å². The van der Waals surface area contributed by atoms with Gasteiger partial charge in [0.05, 0.1) is 5.69 Å². The number of pyridine rings is 1. The number of nitrogens with zero attached hydrogens (tertiary/aromatic N) is 1. The van der Waals surface area contributed by atoms with Crippen LogP contribution in [0.4, 0.5) is 0 Å². The number of aryl methyl sites for hydroxylation is 1. The molecule has 0 N–H and O–H groups in total. The fourth-order valence-corrected chi connectivity index (χ4v) is 7.22. The fraction of sp³-hybridized carbons (Fsp3) is 0.0606. The monoisotopic (exact) mass is 467 g/mol. The van der Waals surface area contributed by atoms with Gasteiger partial charge in [-0.25, -0.2) is 0 Å². The maximum Gasteiger partial charge on any atom is 0.0711 e. The van der Waals surface area contributed by atoms with Crippen molar-refractivity contribution in [1.29, 1.82) is 0 Å². The standard InChI is InChI=1S/C33H26NP/c1-3-14-27(15-4-1)35(28-16-5-2-6-17-28)23-22-26-13-11-21-33(34-26)32-24-25-12-7-8-18-29(25)30-19-9-10-20-31(30)32/h1-21,24H,22-23H2. The molecule has 0 radical (unpaired) electrons. The number of hydrogen-bond acceptors (Lipinski definition) is 1. The Hall–Kier alpha value is -3.80. The maximum absolute atomic E-state index is 5.17. The lowest BCUT2D eigenvalue weighted by Crippen LogP contribution is -2.15. The molecule has 35 heavy (non-hydrogen) atoms. The van der Waals surface area contributed by atoms with Crippen LogP contribution in [0.15, 0.2) is 133 Å². The van der Waals surface area contributed by atoms with Gasteiger partial charge in [-0.1, -0.05) is 115 Å². The third-order valence-corrected chi connectivity index (χ3v) is 9.09. The second-order valence-electron chi connectivity index (χ2n) is 8.78. The Kier molecular flexibility index (Phi) is 6.09. The van der Waals surface area contributed by atoms with Gasteiger partial charge in [0.1, 0.15) is 0 Å². The molecule has 1 heterocycles. The number of hydrogen-bond donors (Lipinski definition) is 0. The van der Waals surface area contributed by atoms with E-state index in [4.69, 9.17) is 4.98 Å². The first-order valence-electron chi connectivity index (χ1n) is 12.1. The van der Waals surface area contributed by atoms with Crippen LogP contribution in [0.3, 0.4) is 0 Å². The number of aromatic nitrogens is 1. The van der Waals surface area contributed by atoms with Crippen LogP contribution < -0.4 is 10.6 Å². The highest BCUT2D eigenvalue weighted by Gasteiger charge is 2.15. The number of benzene rings is 5. The summed E-state index contributed by atoms with van der Waals surface area (Å²) in [7, 11) is -0.430. The van der Waals surface area contributed by atoms with Gasteiger partial charge in [0.2, 0.25) is 0 Å². The van der Waals surface area contributed by atoms with Crippen molar-refractivity contribution in [3.63, 3.8) is 0 Å². The predicted octanol–water partition coefficient (Wildman–Crippen LogP) is 7.73. The first kappa shape index (κ1) is 21.7. The van der Waals surface area contributed by atoms with E-state index >= 15 is 0 Å². The molecule has 1 nitrogen and oxygen atoms in total. The zero-order valence-electron chi connectivity index (χ0n) is 19.5. The van der Waals surface area contributed by atoms with Crippen LogP contribution in [0, 0.1) is 0 Å². The molecule has 6 rings (SSSR count). The Bertz CT molecular complexity index is 1550. The summed E-state index contributed by atoms with van der Waals surface area (Å²) in [6.07, 6.45) is 2.03. The molecule has 1 aromatic heterocycles. The smallest absolute Gasteiger partial charge is 0.0711 e. The molecular weight excluding hydrogens is 441 g/mol. The van der Waals surface area contributed by atoms with Crippen LogP contribution >= 0.6 is 7.92 Å². The molecule has 0 atom stereocenters. The van der Waals surface area contributed by atoms with Crippen molar-refractivity contribution in [2.24, 2.45) is 0 Å².